The maximum Gasteiger partial charge on any atom is 0.360 e. The van der Waals surface area contributed by atoms with Gasteiger partial charge in [0.25, 0.3) is 5.91 Å². The fourth-order valence-corrected chi connectivity index (χ4v) is 11.8. The van der Waals surface area contributed by atoms with E-state index in [-0.39, 0.29) is 95.9 Å². The number of aliphatic carboxylic acids is 7. The van der Waals surface area contributed by atoms with Crippen molar-refractivity contribution in [2.24, 2.45) is 0 Å². The zero-order valence-electron chi connectivity index (χ0n) is 52.7. The number of unbranched alkanes of at least 4 members (excludes halogenated alkanes) is 1. The van der Waals surface area contributed by atoms with Gasteiger partial charge in [0.1, 0.15) is 36.0 Å². The zero-order chi connectivity index (χ0) is 73.3. The number of carboxylic acid groups (broad SMARTS) is 7. The number of amides is 8. The van der Waals surface area contributed by atoms with Crippen molar-refractivity contribution in [3.8, 4) is 5.75 Å². The van der Waals surface area contributed by atoms with Crippen molar-refractivity contribution < 1.29 is 136 Å². The molecular weight excluding hydrogens is 1350 g/mol. The number of carbonyl (C=O) groups is 14. The number of nitrogens with zero attached hydrogens (tertiary/aromatic N) is 4. The van der Waals surface area contributed by atoms with Crippen molar-refractivity contribution in [3.05, 3.63) is 65.7 Å². The van der Waals surface area contributed by atoms with Gasteiger partial charge in [0.15, 0.2) is 6.61 Å². The molecule has 19 N–H and O–H groups in total. The maximum absolute atomic E-state index is 13.6. The lowest BCUT2D eigenvalue weighted by Crippen LogP contribution is -2.52. The molecule has 8 amide bonds. The van der Waals surface area contributed by atoms with Crippen LogP contribution in [0.3, 0.4) is 0 Å². The SMILES string of the molecule is O=C(O)CC[C@H](NC(=O)N[C@@H](CCCCNC(=O)[C@H](Cc1ccccc1)NC(=O)COc1ccc(C[C@H](NC(=O)CNC(=O)CCC(C(=O)O)N2CCN(CC(=O)O)CCN(CC(=O)O)CCN(CC(=O)O)CC2)C(=O)NCC(=O)NC(P(=O)(O)O)P(=O)(O)O)cc1)C(=O)O)C(=O)O. The van der Waals surface area contributed by atoms with Crippen molar-refractivity contribution in [1.29, 1.82) is 0 Å². The van der Waals surface area contributed by atoms with Crippen LogP contribution in [0.25, 0.3) is 0 Å². The van der Waals surface area contributed by atoms with Crippen LogP contribution in [-0.2, 0) is 84.3 Å². The topological polar surface area (TPSA) is 614 Å². The zero-order valence-corrected chi connectivity index (χ0v) is 54.5. The molecule has 0 aromatic heterocycles. The van der Waals surface area contributed by atoms with Crippen LogP contribution in [0.5, 0.6) is 5.75 Å². The highest BCUT2D eigenvalue weighted by Crippen LogP contribution is 2.58. The van der Waals surface area contributed by atoms with Crippen LogP contribution in [0.4, 0.5) is 4.79 Å². The lowest BCUT2D eigenvalue weighted by molar-refractivity contribution is -0.145. The highest BCUT2D eigenvalue weighted by Gasteiger charge is 2.45. The van der Waals surface area contributed by atoms with Gasteiger partial charge in [-0.2, -0.15) is 0 Å². The fourth-order valence-electron chi connectivity index (χ4n) is 9.56. The lowest BCUT2D eigenvalue weighted by atomic mass is 10.0. The number of nitrogens with one attached hydrogen (secondary N) is 8. The Bertz CT molecular complexity index is 3140. The Hall–Kier alpha value is -9.24. The van der Waals surface area contributed by atoms with E-state index in [0.717, 1.165) is 0 Å². The van der Waals surface area contributed by atoms with Gasteiger partial charge >= 0.3 is 63.0 Å². The van der Waals surface area contributed by atoms with E-state index in [1.54, 1.807) is 30.3 Å². The molecule has 5 atom stereocenters. The molecule has 1 saturated heterocycles. The first-order chi connectivity index (χ1) is 46.0. The lowest BCUT2D eigenvalue weighted by Gasteiger charge is -2.35. The number of urea groups is 1. The van der Waals surface area contributed by atoms with Gasteiger partial charge < -0.3 is 103 Å². The van der Waals surface area contributed by atoms with Gasteiger partial charge in [-0.25, -0.2) is 14.4 Å². The van der Waals surface area contributed by atoms with Gasteiger partial charge in [-0.05, 0) is 55.4 Å². The number of benzene rings is 2. The van der Waals surface area contributed by atoms with Crippen molar-refractivity contribution >= 4 is 98.5 Å². The Morgan fingerprint density at radius 1 is 0.439 bits per heavy atom. The van der Waals surface area contributed by atoms with E-state index in [1.165, 1.54) is 49.2 Å². The molecule has 3 rings (SSSR count). The Kier molecular flexibility index (Phi) is 35.4. The molecule has 1 fully saturated rings. The van der Waals surface area contributed by atoms with E-state index in [0.29, 0.717) is 5.56 Å². The highest BCUT2D eigenvalue weighted by molar-refractivity contribution is 7.70. The third-order valence-electron chi connectivity index (χ3n) is 14.5. The van der Waals surface area contributed by atoms with Crippen LogP contribution in [-0.4, -0.2) is 292 Å². The second-order valence-corrected chi connectivity index (χ2v) is 26.0. The smallest absolute Gasteiger partial charge is 0.360 e. The predicted molar refractivity (Wildman–Crippen MR) is 334 cm³/mol. The molecule has 1 aliphatic heterocycles. The monoisotopic (exact) mass is 1430 g/mol. The number of hydrogen-bond acceptors (Lipinski definition) is 21. The first kappa shape index (κ1) is 83.0. The van der Waals surface area contributed by atoms with E-state index in [4.69, 9.17) is 9.84 Å². The Morgan fingerprint density at radius 3 is 1.36 bits per heavy atom. The van der Waals surface area contributed by atoms with Gasteiger partial charge in [-0.15, -0.1) is 0 Å². The number of carboxylic acids is 7. The van der Waals surface area contributed by atoms with Crippen molar-refractivity contribution in [3.63, 3.8) is 0 Å². The molecule has 0 saturated carbocycles. The molecule has 1 heterocycles. The summed E-state index contributed by atoms with van der Waals surface area (Å²) in [6.07, 6.45) is -2.32. The van der Waals surface area contributed by atoms with Crippen molar-refractivity contribution in [1.82, 2.24) is 62.1 Å². The van der Waals surface area contributed by atoms with Gasteiger partial charge in [-0.1, -0.05) is 42.5 Å². The average Bonchev–Trinajstić information content (AvgIpc) is 0.841. The second-order valence-electron chi connectivity index (χ2n) is 22.2. The molecule has 0 spiro atoms. The number of rotatable bonds is 41. The maximum atomic E-state index is 13.6. The minimum Gasteiger partial charge on any atom is -0.484 e. The number of hydrogen-bond donors (Lipinski definition) is 19. The first-order valence-electron chi connectivity index (χ1n) is 30.1. The minimum absolute atomic E-state index is 0.00719. The highest BCUT2D eigenvalue weighted by atomic mass is 31.2. The summed E-state index contributed by atoms with van der Waals surface area (Å²) in [7, 11) is -11.4. The second kappa shape index (κ2) is 41.8. The average molecular weight is 1430 g/mol. The summed E-state index contributed by atoms with van der Waals surface area (Å²) in [5.41, 5.74) is -2.11. The van der Waals surface area contributed by atoms with Gasteiger partial charge in [0, 0.05) is 84.6 Å². The normalized spacial score (nSPS) is 15.3. The molecule has 0 radical (unpaired) electrons. The molecule has 1 unspecified atom stereocenters. The van der Waals surface area contributed by atoms with Crippen LogP contribution in [0.2, 0.25) is 0 Å². The van der Waals surface area contributed by atoms with Crippen LogP contribution in [0, 0.1) is 0 Å². The van der Waals surface area contributed by atoms with E-state index in [9.17, 15) is 126 Å². The third kappa shape index (κ3) is 33.6. The Balaban J connectivity index is 1.72. The Morgan fingerprint density at radius 2 is 0.888 bits per heavy atom. The van der Waals surface area contributed by atoms with Gasteiger partial charge in [0.2, 0.25) is 35.1 Å². The predicted octanol–water partition coefficient (Wildman–Crippen LogP) is -5.13. The molecule has 0 bridgehead atoms. The molecule has 2 aromatic rings. The summed E-state index contributed by atoms with van der Waals surface area (Å²) in [5.74, 6) is -15.3. The van der Waals surface area contributed by atoms with Gasteiger partial charge in [0.05, 0.1) is 32.7 Å². The van der Waals surface area contributed by atoms with Gasteiger partial charge in [-0.3, -0.25) is 81.5 Å². The quantitative estimate of drug-likeness (QED) is 0.0219. The van der Waals surface area contributed by atoms with Crippen LogP contribution < -0.4 is 47.3 Å². The summed E-state index contributed by atoms with van der Waals surface area (Å²) < 4.78 is 29.2. The summed E-state index contributed by atoms with van der Waals surface area (Å²) >= 11 is 0. The Labute approximate surface area is 558 Å². The van der Waals surface area contributed by atoms with Crippen LogP contribution in [0.1, 0.15) is 56.1 Å². The van der Waals surface area contributed by atoms with E-state index in [1.807, 2.05) is 5.32 Å². The van der Waals surface area contributed by atoms with E-state index >= 15 is 0 Å². The summed E-state index contributed by atoms with van der Waals surface area (Å²) in [5, 5.41) is 84.4. The molecule has 1 aliphatic rings. The fraction of sp³-hybridized carbons (Fsp3) is 0.536. The van der Waals surface area contributed by atoms with E-state index in [2.05, 4.69) is 31.9 Å². The first-order valence-corrected chi connectivity index (χ1v) is 33.5. The summed E-state index contributed by atoms with van der Waals surface area (Å²) in [6, 6.07) is 5.32. The molecule has 42 heteroatoms. The largest absolute Gasteiger partial charge is 0.484 e. The number of ether oxygens (including phenoxy) is 1. The minimum atomic E-state index is -5.68. The molecule has 544 valence electrons. The molecule has 40 nitrogen and oxygen atoms in total. The standard InChI is InChI=1S/C56H82N12O28P2/c69-42(15-14-41(54(87)88)68-24-22-66(31-48(77)78)20-18-65(30-47(75)76)19-21-67(23-25-68)32-49(79)80)58-28-43(70)60-40(51(82)59-29-44(71)64-56(97(90,91)92)98(93,94)95)27-35-9-11-36(12-10-35)96-33-45(72)61-39(26-34-6-2-1-3-7-34)50(81)57-17-5-4-8-37(52(83)84)62-55(89)63-38(53(85)86)13-16-46(73)74/h1-3,6-7,9-12,37-41,56H,4-5,8,13-33H2,(H,57,81)(H,58,69)(H,59,82)(H,60,70)(H,61,72)(H,64,71)(H,73,74)(H,75,76)(H,77,78)(H,79,80)(H,83,84)(H,85,86)(H,87,88)(H2,62,63,89)(H2,90,91,92)(H2,93,94,95)/t37-,38-,39-,40-,41?/m0/s1. The molecule has 0 aliphatic carbocycles. The number of carbonyl (C=O) groups excluding carboxylic acids is 7. The summed E-state index contributed by atoms with van der Waals surface area (Å²) in [6.45, 7) is -4.26. The molecule has 98 heavy (non-hydrogen) atoms. The molecule has 2 aromatic carbocycles. The third-order valence-corrected chi connectivity index (χ3v) is 17.8. The van der Waals surface area contributed by atoms with Crippen LogP contribution >= 0.6 is 15.2 Å². The molecular formula is C56H82N12O28P2. The van der Waals surface area contributed by atoms with Crippen LogP contribution in [0.15, 0.2) is 54.6 Å². The summed E-state index contributed by atoms with van der Waals surface area (Å²) in [4.78, 5) is 218. The van der Waals surface area contributed by atoms with Crippen molar-refractivity contribution in [2.75, 3.05) is 98.2 Å². The van der Waals surface area contributed by atoms with E-state index < -0.39 is 206 Å². The van der Waals surface area contributed by atoms with Crippen molar-refractivity contribution in [2.45, 2.75) is 93.5 Å².